The number of benzene rings is 1. The number of aryl methyl sites for hydroxylation is 1. The highest BCUT2D eigenvalue weighted by Crippen LogP contribution is 2.26. The van der Waals surface area contributed by atoms with E-state index >= 15 is 0 Å². The fourth-order valence-electron chi connectivity index (χ4n) is 1.31. The van der Waals surface area contributed by atoms with Crippen LogP contribution in [0.3, 0.4) is 0 Å². The van der Waals surface area contributed by atoms with Crippen LogP contribution in [0, 0.1) is 6.92 Å². The third-order valence-corrected chi connectivity index (χ3v) is 2.43. The van der Waals surface area contributed by atoms with Crippen molar-refractivity contribution < 1.29 is 0 Å². The van der Waals surface area contributed by atoms with E-state index in [1.54, 1.807) is 12.4 Å². The molecule has 82 valence electrons. The largest absolute Gasteiger partial charge is 0.381 e. The average Bonchev–Trinajstić information content (AvgIpc) is 2.27. The Bertz CT molecular complexity index is 513. The summed E-state index contributed by atoms with van der Waals surface area (Å²) in [4.78, 5) is 8.02. The molecule has 0 saturated carbocycles. The van der Waals surface area contributed by atoms with Crippen molar-refractivity contribution >= 4 is 28.9 Å². The summed E-state index contributed by atoms with van der Waals surface area (Å²) >= 11 is 6.05. The van der Waals surface area contributed by atoms with Crippen molar-refractivity contribution in [1.82, 2.24) is 9.97 Å². The van der Waals surface area contributed by atoms with Gasteiger partial charge < -0.3 is 11.1 Å². The van der Waals surface area contributed by atoms with Crippen molar-refractivity contribution in [3.63, 3.8) is 0 Å². The van der Waals surface area contributed by atoms with E-state index in [1.807, 2.05) is 25.1 Å². The maximum Gasteiger partial charge on any atom is 0.173 e. The number of anilines is 3. The number of hydrogen-bond donors (Lipinski definition) is 2. The first-order valence-electron chi connectivity index (χ1n) is 4.76. The van der Waals surface area contributed by atoms with E-state index in [9.17, 15) is 0 Å². The van der Waals surface area contributed by atoms with Gasteiger partial charge in [-0.1, -0.05) is 17.7 Å². The first-order valence-corrected chi connectivity index (χ1v) is 5.14. The van der Waals surface area contributed by atoms with Crippen molar-refractivity contribution in [2.24, 2.45) is 0 Å². The highest BCUT2D eigenvalue weighted by atomic mass is 35.5. The lowest BCUT2D eigenvalue weighted by Crippen LogP contribution is -2.01. The second-order valence-corrected chi connectivity index (χ2v) is 3.81. The van der Waals surface area contributed by atoms with Gasteiger partial charge in [-0.25, -0.2) is 9.97 Å². The Labute approximate surface area is 98.5 Å². The molecule has 0 bridgehead atoms. The first-order chi connectivity index (χ1) is 7.66. The molecule has 0 atom stereocenters. The van der Waals surface area contributed by atoms with Gasteiger partial charge in [-0.2, -0.15) is 0 Å². The van der Waals surface area contributed by atoms with Gasteiger partial charge in [-0.3, -0.25) is 0 Å². The summed E-state index contributed by atoms with van der Waals surface area (Å²) in [6, 6.07) is 5.69. The Balaban J connectivity index is 2.34. The van der Waals surface area contributed by atoms with Crippen LogP contribution in [0.5, 0.6) is 0 Å². The highest BCUT2D eigenvalue weighted by molar-refractivity contribution is 6.33. The van der Waals surface area contributed by atoms with Crippen LogP contribution in [-0.2, 0) is 0 Å². The second kappa shape index (κ2) is 4.37. The van der Waals surface area contributed by atoms with Gasteiger partial charge in [-0.15, -0.1) is 0 Å². The van der Waals surface area contributed by atoms with E-state index < -0.39 is 0 Å². The molecular formula is C11H11ClN4. The molecule has 3 N–H and O–H groups in total. The Kier molecular flexibility index (Phi) is 2.92. The zero-order valence-corrected chi connectivity index (χ0v) is 9.49. The molecule has 0 fully saturated rings. The zero-order chi connectivity index (χ0) is 11.5. The van der Waals surface area contributed by atoms with Crippen molar-refractivity contribution in [3.8, 4) is 0 Å². The van der Waals surface area contributed by atoms with Gasteiger partial charge >= 0.3 is 0 Å². The molecule has 1 heterocycles. The van der Waals surface area contributed by atoms with Crippen LogP contribution in [0.1, 0.15) is 5.56 Å². The molecule has 2 aromatic rings. The van der Waals surface area contributed by atoms with Gasteiger partial charge in [0.2, 0.25) is 0 Å². The minimum atomic E-state index is 0.347. The Morgan fingerprint density at radius 3 is 2.75 bits per heavy atom. The molecule has 1 aromatic carbocycles. The molecule has 5 heteroatoms. The molecule has 16 heavy (non-hydrogen) atoms. The molecule has 0 aliphatic carbocycles. The molecule has 0 amide bonds. The van der Waals surface area contributed by atoms with Gasteiger partial charge in [0.15, 0.2) is 11.6 Å². The minimum Gasteiger partial charge on any atom is -0.381 e. The quantitative estimate of drug-likeness (QED) is 0.839. The van der Waals surface area contributed by atoms with Crippen LogP contribution in [-0.4, -0.2) is 9.97 Å². The van der Waals surface area contributed by atoms with E-state index in [0.717, 1.165) is 11.3 Å². The van der Waals surface area contributed by atoms with Gasteiger partial charge in [-0.05, 0) is 24.6 Å². The van der Waals surface area contributed by atoms with Crippen LogP contribution in [0.4, 0.5) is 17.3 Å². The van der Waals surface area contributed by atoms with E-state index in [0.29, 0.717) is 16.7 Å². The van der Waals surface area contributed by atoms with Crippen molar-refractivity contribution in [2.45, 2.75) is 6.92 Å². The van der Waals surface area contributed by atoms with Crippen LogP contribution < -0.4 is 11.1 Å². The molecule has 1 aromatic heterocycles. The molecule has 0 spiro atoms. The molecule has 4 nitrogen and oxygen atoms in total. The summed E-state index contributed by atoms with van der Waals surface area (Å²) in [5.41, 5.74) is 7.56. The minimum absolute atomic E-state index is 0.347. The topological polar surface area (TPSA) is 63.8 Å². The Hall–Kier alpha value is -1.81. The summed E-state index contributed by atoms with van der Waals surface area (Å²) in [6.07, 6.45) is 3.11. The molecular weight excluding hydrogens is 224 g/mol. The van der Waals surface area contributed by atoms with Crippen LogP contribution in [0.15, 0.2) is 30.6 Å². The lowest BCUT2D eigenvalue weighted by Gasteiger charge is -2.09. The number of nitrogens with zero attached hydrogens (tertiary/aromatic N) is 2. The van der Waals surface area contributed by atoms with Crippen molar-refractivity contribution in [1.29, 1.82) is 0 Å². The summed E-state index contributed by atoms with van der Waals surface area (Å²) in [5.74, 6) is 0.857. The smallest absolute Gasteiger partial charge is 0.173 e. The predicted molar refractivity (Wildman–Crippen MR) is 65.9 cm³/mol. The maximum atomic E-state index is 6.05. The van der Waals surface area contributed by atoms with E-state index in [4.69, 9.17) is 17.3 Å². The monoisotopic (exact) mass is 234 g/mol. The molecule has 0 unspecified atom stereocenters. The summed E-state index contributed by atoms with van der Waals surface area (Å²) < 4.78 is 0. The fraction of sp³-hybridized carbons (Fsp3) is 0.0909. The third kappa shape index (κ3) is 2.23. The molecule has 0 aliphatic heterocycles. The van der Waals surface area contributed by atoms with Crippen LogP contribution >= 0.6 is 11.6 Å². The van der Waals surface area contributed by atoms with E-state index in [2.05, 4.69) is 15.3 Å². The number of hydrogen-bond acceptors (Lipinski definition) is 4. The summed E-state index contributed by atoms with van der Waals surface area (Å²) in [7, 11) is 0. The maximum absolute atomic E-state index is 6.05. The number of aromatic nitrogens is 2. The first kappa shape index (κ1) is 10.7. The van der Waals surface area contributed by atoms with Crippen LogP contribution in [0.2, 0.25) is 5.02 Å². The lowest BCUT2D eigenvalue weighted by molar-refractivity contribution is 1.21. The third-order valence-electron chi connectivity index (χ3n) is 2.10. The number of halogens is 1. The lowest BCUT2D eigenvalue weighted by atomic mass is 10.2. The molecule has 0 aliphatic rings. The fourth-order valence-corrected chi connectivity index (χ4v) is 1.47. The van der Waals surface area contributed by atoms with Crippen molar-refractivity contribution in [3.05, 3.63) is 41.2 Å². The van der Waals surface area contributed by atoms with Crippen molar-refractivity contribution in [2.75, 3.05) is 11.1 Å². The average molecular weight is 235 g/mol. The van der Waals surface area contributed by atoms with Gasteiger partial charge in [0.1, 0.15) is 0 Å². The summed E-state index contributed by atoms with van der Waals surface area (Å²) in [6.45, 7) is 1.99. The number of nitrogens with one attached hydrogen (secondary N) is 1. The molecule has 0 radical (unpaired) electrons. The normalized spacial score (nSPS) is 10.1. The molecule has 2 rings (SSSR count). The Morgan fingerprint density at radius 2 is 2.00 bits per heavy atom. The predicted octanol–water partition coefficient (Wildman–Crippen LogP) is 2.76. The highest BCUT2D eigenvalue weighted by Gasteiger charge is 2.04. The zero-order valence-electron chi connectivity index (χ0n) is 8.74. The number of rotatable bonds is 2. The second-order valence-electron chi connectivity index (χ2n) is 3.40. The Morgan fingerprint density at radius 1 is 1.25 bits per heavy atom. The molecule has 0 saturated heterocycles. The number of nitrogen functional groups attached to an aromatic ring is 1. The van der Waals surface area contributed by atoms with Gasteiger partial charge in [0, 0.05) is 12.4 Å². The van der Waals surface area contributed by atoms with E-state index in [1.165, 1.54) is 0 Å². The van der Waals surface area contributed by atoms with Gasteiger partial charge in [0.05, 0.1) is 10.7 Å². The number of nitrogens with two attached hydrogens (primary N) is 1. The SMILES string of the molecule is Cc1ccc(Cl)c(Nc2nccnc2N)c1. The summed E-state index contributed by atoms with van der Waals surface area (Å²) in [5, 5.41) is 3.67. The van der Waals surface area contributed by atoms with Gasteiger partial charge in [0.25, 0.3) is 0 Å². The van der Waals surface area contributed by atoms with Crippen LogP contribution in [0.25, 0.3) is 0 Å². The van der Waals surface area contributed by atoms with E-state index in [-0.39, 0.29) is 0 Å². The standard InChI is InChI=1S/C11H11ClN4/c1-7-2-3-8(12)9(6-7)16-11-10(13)14-4-5-15-11/h2-6H,1H3,(H2,13,14)(H,15,16).